The van der Waals surface area contributed by atoms with Crippen LogP contribution in [0.1, 0.15) is 16.1 Å². The van der Waals surface area contributed by atoms with Crippen LogP contribution in [0, 0.1) is 0 Å². The Morgan fingerprint density at radius 2 is 1.78 bits per heavy atom. The third-order valence-corrected chi connectivity index (χ3v) is 4.21. The van der Waals surface area contributed by atoms with Crippen LogP contribution in [0.15, 0.2) is 84.0 Å². The van der Waals surface area contributed by atoms with Crippen LogP contribution >= 0.6 is 0 Å². The number of hydrogen-bond donors (Lipinski definition) is 1. The molecule has 0 aliphatic rings. The predicted octanol–water partition coefficient (Wildman–Crippen LogP) is 2.71. The minimum absolute atomic E-state index is 0.174. The Labute approximate surface area is 155 Å². The molecular formula is C21H16N4O2. The molecular weight excluding hydrogens is 340 g/mol. The van der Waals surface area contributed by atoms with Crippen molar-refractivity contribution in [3.8, 4) is 5.69 Å². The fraction of sp³-hybridized carbons (Fsp3) is 0.0476. The molecule has 0 saturated carbocycles. The number of pyridine rings is 1. The van der Waals surface area contributed by atoms with Crippen molar-refractivity contribution in [2.75, 3.05) is 0 Å². The van der Waals surface area contributed by atoms with Gasteiger partial charge in [0.25, 0.3) is 11.5 Å². The zero-order valence-electron chi connectivity index (χ0n) is 14.4. The van der Waals surface area contributed by atoms with Crippen LogP contribution in [0.2, 0.25) is 0 Å². The molecule has 6 nitrogen and oxygen atoms in total. The van der Waals surface area contributed by atoms with Crippen LogP contribution < -0.4 is 10.9 Å². The van der Waals surface area contributed by atoms with Gasteiger partial charge in [0.1, 0.15) is 6.33 Å². The van der Waals surface area contributed by atoms with Crippen molar-refractivity contribution < 1.29 is 4.79 Å². The molecule has 0 aliphatic heterocycles. The van der Waals surface area contributed by atoms with Crippen LogP contribution in [-0.2, 0) is 6.54 Å². The molecule has 0 saturated heterocycles. The summed E-state index contributed by atoms with van der Waals surface area (Å²) >= 11 is 0. The van der Waals surface area contributed by atoms with E-state index in [0.29, 0.717) is 23.0 Å². The van der Waals surface area contributed by atoms with Crippen LogP contribution in [0.25, 0.3) is 16.6 Å². The Morgan fingerprint density at radius 3 is 2.56 bits per heavy atom. The Morgan fingerprint density at radius 1 is 0.963 bits per heavy atom. The normalized spacial score (nSPS) is 10.7. The molecule has 1 N–H and O–H groups in total. The van der Waals surface area contributed by atoms with E-state index in [2.05, 4.69) is 15.3 Å². The lowest BCUT2D eigenvalue weighted by Crippen LogP contribution is -2.24. The Hall–Kier alpha value is -3.80. The highest BCUT2D eigenvalue weighted by Crippen LogP contribution is 2.12. The fourth-order valence-electron chi connectivity index (χ4n) is 2.81. The van der Waals surface area contributed by atoms with E-state index in [1.165, 1.54) is 10.9 Å². The van der Waals surface area contributed by atoms with Crippen molar-refractivity contribution >= 4 is 16.8 Å². The minimum atomic E-state index is -0.239. The number of aromatic nitrogens is 3. The highest BCUT2D eigenvalue weighted by molar-refractivity contribution is 5.97. The molecule has 0 fully saturated rings. The zero-order chi connectivity index (χ0) is 18.6. The molecule has 2 aromatic heterocycles. The second kappa shape index (κ2) is 7.21. The first kappa shape index (κ1) is 16.7. The molecule has 4 aromatic rings. The highest BCUT2D eigenvalue weighted by Gasteiger charge is 2.10. The Bertz CT molecular complexity index is 1160. The first-order valence-corrected chi connectivity index (χ1v) is 8.47. The third kappa shape index (κ3) is 3.46. The van der Waals surface area contributed by atoms with Crippen molar-refractivity contribution in [2.24, 2.45) is 0 Å². The largest absolute Gasteiger partial charge is 0.346 e. The third-order valence-electron chi connectivity index (χ3n) is 4.21. The van der Waals surface area contributed by atoms with Gasteiger partial charge in [-0.15, -0.1) is 0 Å². The quantitative estimate of drug-likeness (QED) is 0.610. The van der Waals surface area contributed by atoms with Crippen molar-refractivity contribution in [1.82, 2.24) is 19.9 Å². The molecule has 0 aliphatic carbocycles. The Balaban J connectivity index is 1.61. The molecule has 0 spiro atoms. The van der Waals surface area contributed by atoms with Gasteiger partial charge in [-0.25, -0.2) is 4.98 Å². The van der Waals surface area contributed by atoms with Gasteiger partial charge >= 0.3 is 0 Å². The van der Waals surface area contributed by atoms with Gasteiger partial charge in [0.2, 0.25) is 0 Å². The summed E-state index contributed by atoms with van der Waals surface area (Å²) in [6.07, 6.45) is 3.16. The van der Waals surface area contributed by atoms with Gasteiger partial charge in [0.15, 0.2) is 0 Å². The maximum Gasteiger partial charge on any atom is 0.265 e. The number of fused-ring (bicyclic) bond motifs is 1. The summed E-state index contributed by atoms with van der Waals surface area (Å²) in [5.41, 5.74) is 2.27. The summed E-state index contributed by atoms with van der Waals surface area (Å²) in [5, 5.41) is 3.28. The second-order valence-electron chi connectivity index (χ2n) is 5.99. The summed E-state index contributed by atoms with van der Waals surface area (Å²) in [6.45, 7) is 0.334. The lowest BCUT2D eigenvalue weighted by Gasteiger charge is -2.08. The summed E-state index contributed by atoms with van der Waals surface area (Å²) in [7, 11) is 0. The van der Waals surface area contributed by atoms with Crippen molar-refractivity contribution in [3.05, 3.63) is 101 Å². The van der Waals surface area contributed by atoms with E-state index in [9.17, 15) is 9.59 Å². The van der Waals surface area contributed by atoms with Gasteiger partial charge in [-0.1, -0.05) is 24.3 Å². The molecule has 2 aromatic carbocycles. The second-order valence-corrected chi connectivity index (χ2v) is 5.99. The fourth-order valence-corrected chi connectivity index (χ4v) is 2.81. The van der Waals surface area contributed by atoms with E-state index >= 15 is 0 Å². The first-order valence-electron chi connectivity index (χ1n) is 8.47. The smallest absolute Gasteiger partial charge is 0.265 e. The number of carbonyl (C=O) groups is 1. The van der Waals surface area contributed by atoms with Crippen molar-refractivity contribution in [2.45, 2.75) is 6.54 Å². The number of nitrogens with zero attached hydrogens (tertiary/aromatic N) is 3. The number of nitrogens with one attached hydrogen (secondary N) is 1. The molecule has 27 heavy (non-hydrogen) atoms. The van der Waals surface area contributed by atoms with E-state index < -0.39 is 0 Å². The average molecular weight is 356 g/mol. The lowest BCUT2D eigenvalue weighted by atomic mass is 10.1. The first-order chi connectivity index (χ1) is 13.2. The van der Waals surface area contributed by atoms with Crippen LogP contribution in [0.4, 0.5) is 0 Å². The van der Waals surface area contributed by atoms with E-state index in [-0.39, 0.29) is 11.5 Å². The minimum Gasteiger partial charge on any atom is -0.346 e. The van der Waals surface area contributed by atoms with Crippen molar-refractivity contribution in [1.29, 1.82) is 0 Å². The van der Waals surface area contributed by atoms with E-state index in [1.54, 1.807) is 24.4 Å². The topological polar surface area (TPSA) is 76.9 Å². The van der Waals surface area contributed by atoms with Gasteiger partial charge in [-0.05, 0) is 42.5 Å². The van der Waals surface area contributed by atoms with Crippen molar-refractivity contribution in [3.63, 3.8) is 0 Å². The van der Waals surface area contributed by atoms with E-state index in [1.807, 2.05) is 48.5 Å². The van der Waals surface area contributed by atoms with E-state index in [4.69, 9.17) is 0 Å². The van der Waals surface area contributed by atoms with Crippen LogP contribution in [0.5, 0.6) is 0 Å². The monoisotopic (exact) mass is 356 g/mol. The van der Waals surface area contributed by atoms with Crippen LogP contribution in [-0.4, -0.2) is 20.4 Å². The molecule has 0 radical (unpaired) electrons. The number of hydrogen-bond acceptors (Lipinski definition) is 4. The number of rotatable bonds is 4. The summed E-state index contributed by atoms with van der Waals surface area (Å²) in [6, 6.07) is 19.7. The van der Waals surface area contributed by atoms with Gasteiger partial charge in [-0.3, -0.25) is 19.1 Å². The van der Waals surface area contributed by atoms with Gasteiger partial charge in [0, 0.05) is 11.8 Å². The maximum absolute atomic E-state index is 12.7. The standard InChI is InChI=1S/C21H16N4O2/c26-20(23-13-16-6-4-5-11-22-16)15-9-10-18-19(12-15)24-14-25(21(18)27)17-7-2-1-3-8-17/h1-12,14H,13H2,(H,23,26). The van der Waals surface area contributed by atoms with Gasteiger partial charge in [0.05, 0.1) is 28.8 Å². The predicted molar refractivity (Wildman–Crippen MR) is 103 cm³/mol. The van der Waals surface area contributed by atoms with Crippen LogP contribution in [0.3, 0.4) is 0 Å². The molecule has 1 amide bonds. The lowest BCUT2D eigenvalue weighted by molar-refractivity contribution is 0.0950. The summed E-state index contributed by atoms with van der Waals surface area (Å²) in [5.74, 6) is -0.239. The molecule has 4 rings (SSSR count). The zero-order valence-corrected chi connectivity index (χ0v) is 14.4. The number of benzene rings is 2. The Kier molecular flexibility index (Phi) is 4.45. The SMILES string of the molecule is O=C(NCc1ccccn1)c1ccc2c(=O)n(-c3ccccc3)cnc2c1. The molecule has 0 unspecified atom stereocenters. The summed E-state index contributed by atoms with van der Waals surface area (Å²) < 4.78 is 1.49. The van der Waals surface area contributed by atoms with Gasteiger partial charge in [-0.2, -0.15) is 0 Å². The van der Waals surface area contributed by atoms with Gasteiger partial charge < -0.3 is 5.32 Å². The molecule has 0 bridgehead atoms. The molecule has 2 heterocycles. The maximum atomic E-state index is 12.7. The number of carbonyl (C=O) groups excluding carboxylic acids is 1. The number of amides is 1. The summed E-state index contributed by atoms with van der Waals surface area (Å²) in [4.78, 5) is 33.6. The highest BCUT2D eigenvalue weighted by atomic mass is 16.1. The molecule has 132 valence electrons. The molecule has 6 heteroatoms. The average Bonchev–Trinajstić information content (AvgIpc) is 2.73. The number of para-hydroxylation sites is 1. The van der Waals surface area contributed by atoms with E-state index in [0.717, 1.165) is 11.4 Å². The molecule has 0 atom stereocenters.